The fourth-order valence-corrected chi connectivity index (χ4v) is 4.13. The summed E-state index contributed by atoms with van der Waals surface area (Å²) in [6.45, 7) is 8.04. The van der Waals surface area contributed by atoms with Crippen LogP contribution in [0, 0.1) is 5.92 Å². The van der Waals surface area contributed by atoms with Gasteiger partial charge in [-0.05, 0) is 74.2 Å². The van der Waals surface area contributed by atoms with E-state index in [1.807, 2.05) is 30.3 Å². The fraction of sp³-hybridized carbons (Fsp3) is 0.480. The molecule has 172 valence electrons. The lowest BCUT2D eigenvalue weighted by molar-refractivity contribution is 0.174. The van der Waals surface area contributed by atoms with Gasteiger partial charge in [0.15, 0.2) is 17.5 Å². The van der Waals surface area contributed by atoms with Crippen molar-refractivity contribution in [2.24, 2.45) is 10.9 Å². The zero-order valence-corrected chi connectivity index (χ0v) is 19.1. The van der Waals surface area contributed by atoms with Crippen molar-refractivity contribution in [3.8, 4) is 17.2 Å². The lowest BCUT2D eigenvalue weighted by Gasteiger charge is -2.32. The number of likely N-dealkylation sites (tertiary alicyclic amines) is 1. The van der Waals surface area contributed by atoms with E-state index in [1.54, 1.807) is 7.11 Å². The average Bonchev–Trinajstić information content (AvgIpc) is 3.30. The van der Waals surface area contributed by atoms with Crippen LogP contribution in [0.2, 0.25) is 0 Å². The quantitative estimate of drug-likeness (QED) is 0.487. The smallest absolute Gasteiger partial charge is 0.231 e. The van der Waals surface area contributed by atoms with Crippen molar-refractivity contribution in [3.63, 3.8) is 0 Å². The molecule has 0 atom stereocenters. The topological polar surface area (TPSA) is 67.4 Å². The summed E-state index contributed by atoms with van der Waals surface area (Å²) in [5, 5.41) is 6.90. The molecule has 2 aromatic rings. The molecule has 2 aromatic carbocycles. The maximum absolute atomic E-state index is 5.47. The molecular formula is C25H34N4O3. The van der Waals surface area contributed by atoms with E-state index in [1.165, 1.54) is 18.4 Å². The second-order valence-electron chi connectivity index (χ2n) is 8.33. The first kappa shape index (κ1) is 22.3. The summed E-state index contributed by atoms with van der Waals surface area (Å²) in [6.07, 6.45) is 2.40. The molecule has 0 radical (unpaired) electrons. The number of hydrogen-bond donors (Lipinski definition) is 2. The van der Waals surface area contributed by atoms with Crippen LogP contribution in [0.4, 0.5) is 0 Å². The lowest BCUT2D eigenvalue weighted by atomic mass is 9.96. The van der Waals surface area contributed by atoms with E-state index in [0.29, 0.717) is 19.3 Å². The summed E-state index contributed by atoms with van der Waals surface area (Å²) >= 11 is 0. The Morgan fingerprint density at radius 1 is 1.03 bits per heavy atom. The Kier molecular flexibility index (Phi) is 7.72. The van der Waals surface area contributed by atoms with E-state index in [0.717, 1.165) is 61.5 Å². The van der Waals surface area contributed by atoms with Crippen LogP contribution in [-0.2, 0) is 13.1 Å². The molecular weight excluding hydrogens is 404 g/mol. The molecule has 7 nitrogen and oxygen atoms in total. The molecule has 4 rings (SSSR count). The number of aliphatic imine (C=N–C) groups is 1. The second-order valence-corrected chi connectivity index (χ2v) is 8.33. The predicted octanol–water partition coefficient (Wildman–Crippen LogP) is 3.39. The van der Waals surface area contributed by atoms with Crippen LogP contribution < -0.4 is 24.8 Å². The van der Waals surface area contributed by atoms with Crippen molar-refractivity contribution in [2.75, 3.05) is 40.1 Å². The lowest BCUT2D eigenvalue weighted by Crippen LogP contribution is -2.42. The molecule has 1 saturated heterocycles. The number of nitrogens with zero attached hydrogens (tertiary/aromatic N) is 2. The van der Waals surface area contributed by atoms with E-state index < -0.39 is 0 Å². The summed E-state index contributed by atoms with van der Waals surface area (Å²) in [6, 6.07) is 14.4. The van der Waals surface area contributed by atoms with Gasteiger partial charge < -0.3 is 24.8 Å². The summed E-state index contributed by atoms with van der Waals surface area (Å²) < 4.78 is 16.1. The van der Waals surface area contributed by atoms with Crippen LogP contribution in [0.1, 0.15) is 30.9 Å². The molecule has 0 bridgehead atoms. The number of benzene rings is 2. The third-order valence-electron chi connectivity index (χ3n) is 6.03. The van der Waals surface area contributed by atoms with Crippen molar-refractivity contribution in [1.29, 1.82) is 0 Å². The Morgan fingerprint density at radius 2 is 1.78 bits per heavy atom. The zero-order valence-electron chi connectivity index (χ0n) is 19.1. The first-order chi connectivity index (χ1) is 15.7. The standard InChI is InChI=1S/C25H34N4O3/c1-3-26-25(28-16-21-6-9-23-24(14-21)32-18-31-23)27-15-19-10-12-29(13-11-19)17-20-4-7-22(30-2)8-5-20/h4-9,14,19H,3,10-13,15-18H2,1-2H3,(H2,26,27,28). The predicted molar refractivity (Wildman–Crippen MR) is 126 cm³/mol. The second kappa shape index (κ2) is 11.1. The number of methoxy groups -OCH3 is 1. The van der Waals surface area contributed by atoms with Crippen molar-refractivity contribution in [2.45, 2.75) is 32.9 Å². The van der Waals surface area contributed by atoms with E-state index in [-0.39, 0.29) is 0 Å². The Hall–Kier alpha value is -2.93. The minimum atomic E-state index is 0.297. The van der Waals surface area contributed by atoms with Gasteiger partial charge in [0.25, 0.3) is 0 Å². The van der Waals surface area contributed by atoms with Gasteiger partial charge in [-0.25, -0.2) is 4.99 Å². The Morgan fingerprint density at radius 3 is 2.53 bits per heavy atom. The van der Waals surface area contributed by atoms with Gasteiger partial charge in [0.05, 0.1) is 13.7 Å². The number of rotatable bonds is 8. The highest BCUT2D eigenvalue weighted by molar-refractivity contribution is 5.79. The van der Waals surface area contributed by atoms with Gasteiger partial charge in [0.2, 0.25) is 6.79 Å². The molecule has 0 unspecified atom stereocenters. The molecule has 0 amide bonds. The highest BCUT2D eigenvalue weighted by atomic mass is 16.7. The Balaban J connectivity index is 1.22. The van der Waals surface area contributed by atoms with Crippen molar-refractivity contribution in [3.05, 3.63) is 53.6 Å². The van der Waals surface area contributed by atoms with E-state index in [4.69, 9.17) is 19.2 Å². The van der Waals surface area contributed by atoms with Gasteiger partial charge in [-0.3, -0.25) is 4.90 Å². The van der Waals surface area contributed by atoms with Gasteiger partial charge in [0.1, 0.15) is 5.75 Å². The molecule has 2 heterocycles. The van der Waals surface area contributed by atoms with Crippen molar-refractivity contribution < 1.29 is 14.2 Å². The third kappa shape index (κ3) is 6.07. The maximum atomic E-state index is 5.47. The van der Waals surface area contributed by atoms with Crippen molar-refractivity contribution >= 4 is 5.96 Å². The molecule has 32 heavy (non-hydrogen) atoms. The molecule has 1 fully saturated rings. The van der Waals surface area contributed by atoms with E-state index >= 15 is 0 Å². The van der Waals surface area contributed by atoms with Crippen LogP contribution in [0.25, 0.3) is 0 Å². The molecule has 2 aliphatic heterocycles. The molecule has 0 aliphatic carbocycles. The largest absolute Gasteiger partial charge is 0.497 e. The molecule has 2 aliphatic rings. The summed E-state index contributed by atoms with van der Waals surface area (Å²) in [5.74, 6) is 4.05. The van der Waals surface area contributed by atoms with E-state index in [9.17, 15) is 0 Å². The van der Waals surface area contributed by atoms with Gasteiger partial charge >= 0.3 is 0 Å². The third-order valence-corrected chi connectivity index (χ3v) is 6.03. The van der Waals surface area contributed by atoms with Gasteiger partial charge in [-0.1, -0.05) is 18.2 Å². The van der Waals surface area contributed by atoms with E-state index in [2.05, 4.69) is 34.6 Å². The summed E-state index contributed by atoms with van der Waals surface area (Å²) in [7, 11) is 1.71. The monoisotopic (exact) mass is 438 g/mol. The van der Waals surface area contributed by atoms with Crippen LogP contribution in [-0.4, -0.2) is 50.9 Å². The number of hydrogen-bond acceptors (Lipinski definition) is 5. The van der Waals surface area contributed by atoms with Crippen LogP contribution in [0.5, 0.6) is 17.2 Å². The fourth-order valence-electron chi connectivity index (χ4n) is 4.13. The Bertz CT molecular complexity index is 893. The molecule has 7 heteroatoms. The summed E-state index contributed by atoms with van der Waals surface area (Å²) in [5.41, 5.74) is 2.45. The first-order valence-electron chi connectivity index (χ1n) is 11.5. The highest BCUT2D eigenvalue weighted by Crippen LogP contribution is 2.32. The first-order valence-corrected chi connectivity index (χ1v) is 11.5. The zero-order chi connectivity index (χ0) is 22.2. The average molecular weight is 439 g/mol. The van der Waals surface area contributed by atoms with Crippen LogP contribution >= 0.6 is 0 Å². The van der Waals surface area contributed by atoms with Gasteiger partial charge in [-0.15, -0.1) is 0 Å². The maximum Gasteiger partial charge on any atom is 0.231 e. The molecule has 0 aromatic heterocycles. The number of piperidine rings is 1. The SMILES string of the molecule is CCNC(=NCc1ccc2c(c1)OCO2)NCC1CCN(Cc2ccc(OC)cc2)CC1. The number of ether oxygens (including phenoxy) is 3. The molecule has 0 spiro atoms. The minimum absolute atomic E-state index is 0.297. The molecule has 2 N–H and O–H groups in total. The van der Waals surface area contributed by atoms with Crippen molar-refractivity contribution in [1.82, 2.24) is 15.5 Å². The minimum Gasteiger partial charge on any atom is -0.497 e. The highest BCUT2D eigenvalue weighted by Gasteiger charge is 2.19. The van der Waals surface area contributed by atoms with Crippen LogP contribution in [0.15, 0.2) is 47.5 Å². The van der Waals surface area contributed by atoms with Crippen LogP contribution in [0.3, 0.4) is 0 Å². The Labute approximate surface area is 190 Å². The number of fused-ring (bicyclic) bond motifs is 1. The van der Waals surface area contributed by atoms with Gasteiger partial charge in [0, 0.05) is 19.6 Å². The number of nitrogens with one attached hydrogen (secondary N) is 2. The summed E-state index contributed by atoms with van der Waals surface area (Å²) in [4.78, 5) is 7.29. The van der Waals surface area contributed by atoms with Gasteiger partial charge in [-0.2, -0.15) is 0 Å². The number of guanidine groups is 1. The normalized spacial score (nSPS) is 16.8. The molecule has 0 saturated carbocycles.